The van der Waals surface area contributed by atoms with Crippen molar-refractivity contribution in [1.29, 1.82) is 0 Å². The first-order valence-corrected chi connectivity index (χ1v) is 7.61. The van der Waals surface area contributed by atoms with Gasteiger partial charge in [-0.25, -0.2) is 4.79 Å². The van der Waals surface area contributed by atoms with Gasteiger partial charge < -0.3 is 9.64 Å². The standard InChI is InChI=1S/C15H17BrF3NO2/c1-14(2,3)22-13(21)20-7-9(8-20)11-5-4-10(16)6-12(11)15(17,18)19/h4-6,9H,7-8H2,1-3H3. The molecule has 0 unspecified atom stereocenters. The Balaban J connectivity index is 2.09. The molecule has 1 amide bonds. The molecule has 0 atom stereocenters. The summed E-state index contributed by atoms with van der Waals surface area (Å²) < 4.78 is 44.9. The SMILES string of the molecule is CC(C)(C)OC(=O)N1CC(c2ccc(Br)cc2C(F)(F)F)C1. The summed E-state index contributed by atoms with van der Waals surface area (Å²) in [6, 6.07) is 4.12. The van der Waals surface area contributed by atoms with Crippen LogP contribution in [0.25, 0.3) is 0 Å². The van der Waals surface area contributed by atoms with Gasteiger partial charge in [-0.05, 0) is 38.5 Å². The van der Waals surface area contributed by atoms with Gasteiger partial charge in [-0.1, -0.05) is 22.0 Å². The largest absolute Gasteiger partial charge is 0.444 e. The highest BCUT2D eigenvalue weighted by Crippen LogP contribution is 2.39. The third-order valence-corrected chi connectivity index (χ3v) is 3.79. The lowest BCUT2D eigenvalue weighted by Gasteiger charge is -2.40. The first kappa shape index (κ1) is 17.1. The molecule has 3 nitrogen and oxygen atoms in total. The van der Waals surface area contributed by atoms with Gasteiger partial charge in [-0.15, -0.1) is 0 Å². The number of rotatable bonds is 1. The molecule has 1 heterocycles. The van der Waals surface area contributed by atoms with E-state index in [1.165, 1.54) is 11.0 Å². The van der Waals surface area contributed by atoms with Gasteiger partial charge >= 0.3 is 12.3 Å². The number of carbonyl (C=O) groups is 1. The number of alkyl halides is 3. The summed E-state index contributed by atoms with van der Waals surface area (Å²) in [6.45, 7) is 5.72. The zero-order valence-electron chi connectivity index (χ0n) is 12.5. The zero-order chi connectivity index (χ0) is 16.7. The van der Waals surface area contributed by atoms with Crippen molar-refractivity contribution in [2.75, 3.05) is 13.1 Å². The molecule has 1 aliphatic heterocycles. The molecule has 22 heavy (non-hydrogen) atoms. The number of hydrogen-bond acceptors (Lipinski definition) is 2. The molecule has 122 valence electrons. The normalized spacial score (nSPS) is 16.4. The Kier molecular flexibility index (Phi) is 4.48. The maximum Gasteiger partial charge on any atom is 0.416 e. The van der Waals surface area contributed by atoms with Crippen LogP contribution in [0.15, 0.2) is 22.7 Å². The maximum absolute atomic E-state index is 13.1. The van der Waals surface area contributed by atoms with Crippen molar-refractivity contribution in [2.24, 2.45) is 0 Å². The minimum Gasteiger partial charge on any atom is -0.444 e. The summed E-state index contributed by atoms with van der Waals surface area (Å²) in [5.74, 6) is -0.322. The van der Waals surface area contributed by atoms with Gasteiger partial charge in [0.1, 0.15) is 5.60 Å². The van der Waals surface area contributed by atoms with Crippen LogP contribution < -0.4 is 0 Å². The number of ether oxygens (including phenoxy) is 1. The van der Waals surface area contributed by atoms with Gasteiger partial charge in [-0.2, -0.15) is 13.2 Å². The van der Waals surface area contributed by atoms with Crippen LogP contribution in [-0.2, 0) is 10.9 Å². The van der Waals surface area contributed by atoms with Crippen molar-refractivity contribution in [3.8, 4) is 0 Å². The molecule has 1 aliphatic rings. The van der Waals surface area contributed by atoms with E-state index in [2.05, 4.69) is 15.9 Å². The molecule has 0 aliphatic carbocycles. The van der Waals surface area contributed by atoms with Crippen molar-refractivity contribution in [2.45, 2.75) is 38.5 Å². The number of benzene rings is 1. The summed E-state index contributed by atoms with van der Waals surface area (Å²) in [5.41, 5.74) is -1.05. The highest BCUT2D eigenvalue weighted by atomic mass is 79.9. The number of nitrogens with zero attached hydrogens (tertiary/aromatic N) is 1. The first-order chi connectivity index (χ1) is 9.97. The third-order valence-electron chi connectivity index (χ3n) is 3.29. The first-order valence-electron chi connectivity index (χ1n) is 6.82. The molecule has 0 bridgehead atoms. The Labute approximate surface area is 135 Å². The number of halogens is 4. The Morgan fingerprint density at radius 2 is 1.86 bits per heavy atom. The molecule has 1 fully saturated rings. The van der Waals surface area contributed by atoms with Gasteiger partial charge in [0.2, 0.25) is 0 Å². The van der Waals surface area contributed by atoms with E-state index in [4.69, 9.17) is 4.74 Å². The minimum atomic E-state index is -4.41. The number of hydrogen-bond donors (Lipinski definition) is 0. The second-order valence-electron chi connectivity index (χ2n) is 6.31. The maximum atomic E-state index is 13.1. The van der Waals surface area contributed by atoms with Crippen LogP contribution in [0, 0.1) is 0 Å². The fourth-order valence-electron chi connectivity index (χ4n) is 2.28. The molecular weight excluding hydrogens is 363 g/mol. The molecule has 1 aromatic rings. The third kappa shape index (κ3) is 3.94. The van der Waals surface area contributed by atoms with Gasteiger partial charge in [0.05, 0.1) is 5.56 Å². The van der Waals surface area contributed by atoms with Gasteiger partial charge in [0, 0.05) is 23.5 Å². The quantitative estimate of drug-likeness (QED) is 0.701. The average molecular weight is 380 g/mol. The van der Waals surface area contributed by atoms with E-state index in [0.717, 1.165) is 6.07 Å². The molecule has 1 saturated heterocycles. The van der Waals surface area contributed by atoms with Crippen molar-refractivity contribution >= 4 is 22.0 Å². The molecule has 0 spiro atoms. The second kappa shape index (κ2) is 5.76. The van der Waals surface area contributed by atoms with Crippen LogP contribution in [0.5, 0.6) is 0 Å². The van der Waals surface area contributed by atoms with E-state index in [9.17, 15) is 18.0 Å². The Morgan fingerprint density at radius 1 is 1.27 bits per heavy atom. The monoisotopic (exact) mass is 379 g/mol. The number of amides is 1. The fourth-order valence-corrected chi connectivity index (χ4v) is 2.64. The molecular formula is C15H17BrF3NO2. The predicted molar refractivity (Wildman–Crippen MR) is 79.7 cm³/mol. The molecule has 7 heteroatoms. The molecule has 0 aromatic heterocycles. The lowest BCUT2D eigenvalue weighted by atomic mass is 9.88. The predicted octanol–water partition coefficient (Wildman–Crippen LogP) is 4.80. The fraction of sp³-hybridized carbons (Fsp3) is 0.533. The summed E-state index contributed by atoms with van der Waals surface area (Å²) >= 11 is 3.06. The Hall–Kier alpha value is -1.24. The Morgan fingerprint density at radius 3 is 2.36 bits per heavy atom. The summed E-state index contributed by atoms with van der Waals surface area (Å²) in [6.07, 6.45) is -4.90. The molecule has 0 N–H and O–H groups in total. The molecule has 2 rings (SSSR count). The summed E-state index contributed by atoms with van der Waals surface area (Å²) in [7, 11) is 0. The van der Waals surface area contributed by atoms with E-state index in [1.54, 1.807) is 26.8 Å². The van der Waals surface area contributed by atoms with Crippen LogP contribution in [0.3, 0.4) is 0 Å². The zero-order valence-corrected chi connectivity index (χ0v) is 14.1. The van der Waals surface area contributed by atoms with Crippen LogP contribution in [-0.4, -0.2) is 29.7 Å². The van der Waals surface area contributed by atoms with Gasteiger partial charge in [0.15, 0.2) is 0 Å². The van der Waals surface area contributed by atoms with Crippen LogP contribution in [0.4, 0.5) is 18.0 Å². The van der Waals surface area contributed by atoms with E-state index in [-0.39, 0.29) is 24.6 Å². The molecule has 0 radical (unpaired) electrons. The van der Waals surface area contributed by atoms with E-state index in [1.807, 2.05) is 0 Å². The average Bonchev–Trinajstić information content (AvgIpc) is 2.25. The minimum absolute atomic E-state index is 0.218. The lowest BCUT2D eigenvalue weighted by Crippen LogP contribution is -2.50. The lowest BCUT2D eigenvalue weighted by molar-refractivity contribution is -0.138. The van der Waals surface area contributed by atoms with Crippen molar-refractivity contribution in [3.05, 3.63) is 33.8 Å². The van der Waals surface area contributed by atoms with Crippen molar-refractivity contribution in [3.63, 3.8) is 0 Å². The highest BCUT2D eigenvalue weighted by Gasteiger charge is 2.40. The number of carbonyl (C=O) groups excluding carboxylic acids is 1. The van der Waals surface area contributed by atoms with E-state index in [0.29, 0.717) is 4.47 Å². The van der Waals surface area contributed by atoms with Gasteiger partial charge in [-0.3, -0.25) is 0 Å². The van der Waals surface area contributed by atoms with Gasteiger partial charge in [0.25, 0.3) is 0 Å². The van der Waals surface area contributed by atoms with Crippen molar-refractivity contribution < 1.29 is 22.7 Å². The molecule has 1 aromatic carbocycles. The molecule has 0 saturated carbocycles. The van der Waals surface area contributed by atoms with Crippen LogP contribution in [0.1, 0.15) is 37.8 Å². The summed E-state index contributed by atoms with van der Waals surface area (Å²) in [5, 5.41) is 0. The highest BCUT2D eigenvalue weighted by molar-refractivity contribution is 9.10. The van der Waals surface area contributed by atoms with E-state index >= 15 is 0 Å². The van der Waals surface area contributed by atoms with E-state index < -0.39 is 23.4 Å². The summed E-state index contributed by atoms with van der Waals surface area (Å²) in [4.78, 5) is 13.2. The Bertz CT molecular complexity index is 575. The second-order valence-corrected chi connectivity index (χ2v) is 7.23. The van der Waals surface area contributed by atoms with Crippen molar-refractivity contribution in [1.82, 2.24) is 4.90 Å². The topological polar surface area (TPSA) is 29.5 Å². The van der Waals surface area contributed by atoms with Crippen LogP contribution in [0.2, 0.25) is 0 Å². The van der Waals surface area contributed by atoms with Crippen LogP contribution >= 0.6 is 15.9 Å². The smallest absolute Gasteiger partial charge is 0.416 e. The number of likely N-dealkylation sites (tertiary alicyclic amines) is 1.